The first-order chi connectivity index (χ1) is 9.69. The minimum Gasteiger partial charge on any atom is -0.461 e. The van der Waals surface area contributed by atoms with Crippen LogP contribution in [0.5, 0.6) is 0 Å². The second-order valence-electron chi connectivity index (χ2n) is 4.62. The van der Waals surface area contributed by atoms with E-state index in [-0.39, 0.29) is 5.78 Å². The van der Waals surface area contributed by atoms with Crippen molar-refractivity contribution in [2.45, 2.75) is 13.3 Å². The highest BCUT2D eigenvalue weighted by Gasteiger charge is 2.14. The maximum atomic E-state index is 12.6. The molecule has 0 amide bonds. The minimum atomic E-state index is -0.0179. The van der Waals surface area contributed by atoms with Gasteiger partial charge in [0.1, 0.15) is 11.3 Å². The average molecular weight is 285 g/mol. The van der Waals surface area contributed by atoms with Crippen LogP contribution in [0.3, 0.4) is 0 Å². The van der Waals surface area contributed by atoms with Crippen LogP contribution in [0.2, 0.25) is 5.02 Å². The van der Waals surface area contributed by atoms with E-state index in [1.807, 2.05) is 31.2 Å². The zero-order valence-corrected chi connectivity index (χ0v) is 11.8. The van der Waals surface area contributed by atoms with Gasteiger partial charge in [-0.15, -0.1) is 0 Å². The van der Waals surface area contributed by atoms with E-state index in [9.17, 15) is 4.79 Å². The lowest BCUT2D eigenvalue weighted by atomic mass is 10.00. The fourth-order valence-electron chi connectivity index (χ4n) is 2.24. The van der Waals surface area contributed by atoms with E-state index in [0.717, 1.165) is 23.2 Å². The number of ketones is 1. The summed E-state index contributed by atoms with van der Waals surface area (Å²) in [6.45, 7) is 2.03. The quantitative estimate of drug-likeness (QED) is 0.642. The fraction of sp³-hybridized carbons (Fsp3) is 0.118. The molecule has 0 radical (unpaired) electrons. The van der Waals surface area contributed by atoms with Crippen LogP contribution >= 0.6 is 11.6 Å². The van der Waals surface area contributed by atoms with E-state index in [0.29, 0.717) is 16.1 Å². The first-order valence-electron chi connectivity index (χ1n) is 6.50. The highest BCUT2D eigenvalue weighted by Crippen LogP contribution is 2.25. The average Bonchev–Trinajstić information content (AvgIpc) is 2.90. The van der Waals surface area contributed by atoms with Crippen LogP contribution in [-0.4, -0.2) is 5.78 Å². The topological polar surface area (TPSA) is 30.2 Å². The maximum Gasteiger partial charge on any atom is 0.193 e. The van der Waals surface area contributed by atoms with Gasteiger partial charge in [0.05, 0.1) is 0 Å². The molecule has 0 N–H and O–H groups in total. The SMILES string of the molecule is CCc1cc2c(C(=O)c3ccc(Cl)cc3)cccc2o1. The number of rotatable bonds is 3. The van der Waals surface area contributed by atoms with Crippen LogP contribution < -0.4 is 0 Å². The Balaban J connectivity index is 2.11. The number of halogens is 1. The molecule has 2 nitrogen and oxygen atoms in total. The number of hydrogen-bond donors (Lipinski definition) is 0. The Morgan fingerprint density at radius 2 is 1.90 bits per heavy atom. The lowest BCUT2D eigenvalue weighted by molar-refractivity contribution is 0.104. The molecule has 0 fully saturated rings. The van der Waals surface area contributed by atoms with Crippen LogP contribution in [-0.2, 0) is 6.42 Å². The van der Waals surface area contributed by atoms with E-state index in [4.69, 9.17) is 16.0 Å². The molecule has 100 valence electrons. The molecule has 20 heavy (non-hydrogen) atoms. The summed E-state index contributed by atoms with van der Waals surface area (Å²) < 4.78 is 5.69. The molecule has 0 atom stereocenters. The number of benzene rings is 2. The Labute approximate surface area is 122 Å². The standard InChI is InChI=1S/C17H13ClO2/c1-2-13-10-15-14(4-3-5-16(15)20-13)17(19)11-6-8-12(18)9-7-11/h3-10H,2H2,1H3. The van der Waals surface area contributed by atoms with Crippen LogP contribution in [0.15, 0.2) is 52.9 Å². The van der Waals surface area contributed by atoms with Crippen LogP contribution in [0.4, 0.5) is 0 Å². The van der Waals surface area contributed by atoms with Crippen molar-refractivity contribution in [2.24, 2.45) is 0 Å². The summed E-state index contributed by atoms with van der Waals surface area (Å²) in [5, 5.41) is 1.49. The van der Waals surface area contributed by atoms with Gasteiger partial charge in [-0.2, -0.15) is 0 Å². The maximum absolute atomic E-state index is 12.6. The Morgan fingerprint density at radius 1 is 1.15 bits per heavy atom. The van der Waals surface area contributed by atoms with E-state index >= 15 is 0 Å². The molecule has 3 heteroatoms. The van der Waals surface area contributed by atoms with Gasteiger partial charge >= 0.3 is 0 Å². The van der Waals surface area contributed by atoms with Gasteiger partial charge in [0.2, 0.25) is 0 Å². The second kappa shape index (κ2) is 5.14. The summed E-state index contributed by atoms with van der Waals surface area (Å²) in [4.78, 5) is 12.6. The highest BCUT2D eigenvalue weighted by molar-refractivity contribution is 6.30. The molecule has 0 spiro atoms. The molecule has 0 saturated heterocycles. The molecule has 0 aliphatic carbocycles. The van der Waals surface area contributed by atoms with Gasteiger partial charge in [0.15, 0.2) is 5.78 Å². The Hall–Kier alpha value is -2.06. The van der Waals surface area contributed by atoms with Gasteiger partial charge in [-0.3, -0.25) is 4.79 Å². The summed E-state index contributed by atoms with van der Waals surface area (Å²) in [5.74, 6) is 0.868. The normalized spacial score (nSPS) is 10.9. The Bertz CT molecular complexity index is 769. The van der Waals surface area contributed by atoms with Crippen molar-refractivity contribution in [3.05, 3.63) is 70.4 Å². The van der Waals surface area contributed by atoms with E-state index in [2.05, 4.69) is 0 Å². The van der Waals surface area contributed by atoms with Gasteiger partial charge < -0.3 is 4.42 Å². The summed E-state index contributed by atoms with van der Waals surface area (Å²) >= 11 is 5.85. The number of furan rings is 1. The molecule has 1 heterocycles. The van der Waals surface area contributed by atoms with Crippen molar-refractivity contribution >= 4 is 28.4 Å². The van der Waals surface area contributed by atoms with Crippen molar-refractivity contribution in [2.75, 3.05) is 0 Å². The van der Waals surface area contributed by atoms with Crippen LogP contribution in [0, 0.1) is 0 Å². The third kappa shape index (κ3) is 2.23. The van der Waals surface area contributed by atoms with Crippen molar-refractivity contribution < 1.29 is 9.21 Å². The zero-order chi connectivity index (χ0) is 14.1. The number of carbonyl (C=O) groups is 1. The van der Waals surface area contributed by atoms with Gasteiger partial charge in [-0.25, -0.2) is 0 Å². The summed E-state index contributed by atoms with van der Waals surface area (Å²) in [7, 11) is 0. The van der Waals surface area contributed by atoms with Gasteiger partial charge in [0, 0.05) is 28.0 Å². The molecule has 0 bridgehead atoms. The molecule has 0 unspecified atom stereocenters. The second-order valence-corrected chi connectivity index (χ2v) is 5.06. The van der Waals surface area contributed by atoms with Crippen LogP contribution in [0.25, 0.3) is 11.0 Å². The van der Waals surface area contributed by atoms with Crippen molar-refractivity contribution in [3.63, 3.8) is 0 Å². The molecule has 0 aliphatic heterocycles. The van der Waals surface area contributed by atoms with Gasteiger partial charge in [0.25, 0.3) is 0 Å². The largest absolute Gasteiger partial charge is 0.461 e. The summed E-state index contributed by atoms with van der Waals surface area (Å²) in [5.41, 5.74) is 2.04. The Kier molecular flexibility index (Phi) is 3.33. The lowest BCUT2D eigenvalue weighted by Gasteiger charge is -2.02. The third-order valence-corrected chi connectivity index (χ3v) is 3.56. The van der Waals surface area contributed by atoms with Crippen molar-refractivity contribution in [3.8, 4) is 0 Å². The molecular formula is C17H13ClO2. The van der Waals surface area contributed by atoms with Gasteiger partial charge in [-0.05, 0) is 36.4 Å². The molecular weight excluding hydrogens is 272 g/mol. The molecule has 3 aromatic rings. The fourth-order valence-corrected chi connectivity index (χ4v) is 2.37. The number of aryl methyl sites for hydroxylation is 1. The smallest absolute Gasteiger partial charge is 0.193 e. The van der Waals surface area contributed by atoms with Gasteiger partial charge in [-0.1, -0.05) is 30.7 Å². The molecule has 0 aliphatic rings. The molecule has 1 aromatic heterocycles. The molecule has 0 saturated carbocycles. The van der Waals surface area contributed by atoms with E-state index < -0.39 is 0 Å². The molecule has 2 aromatic carbocycles. The number of hydrogen-bond acceptors (Lipinski definition) is 2. The van der Waals surface area contributed by atoms with Crippen molar-refractivity contribution in [1.29, 1.82) is 0 Å². The lowest BCUT2D eigenvalue weighted by Crippen LogP contribution is -2.01. The predicted molar refractivity (Wildman–Crippen MR) is 80.5 cm³/mol. The zero-order valence-electron chi connectivity index (χ0n) is 11.0. The number of fused-ring (bicyclic) bond motifs is 1. The summed E-state index contributed by atoms with van der Waals surface area (Å²) in [6.07, 6.45) is 0.809. The number of carbonyl (C=O) groups excluding carboxylic acids is 1. The van der Waals surface area contributed by atoms with Crippen molar-refractivity contribution in [1.82, 2.24) is 0 Å². The van der Waals surface area contributed by atoms with E-state index in [1.54, 1.807) is 24.3 Å². The monoisotopic (exact) mass is 284 g/mol. The summed E-state index contributed by atoms with van der Waals surface area (Å²) in [6, 6.07) is 14.4. The highest BCUT2D eigenvalue weighted by atomic mass is 35.5. The van der Waals surface area contributed by atoms with E-state index in [1.165, 1.54) is 0 Å². The molecule has 3 rings (SSSR count). The first-order valence-corrected chi connectivity index (χ1v) is 6.88. The minimum absolute atomic E-state index is 0.0179. The third-order valence-electron chi connectivity index (χ3n) is 3.31. The first kappa shape index (κ1) is 12.9. The predicted octanol–water partition coefficient (Wildman–Crippen LogP) is 4.88. The Morgan fingerprint density at radius 3 is 2.60 bits per heavy atom. The van der Waals surface area contributed by atoms with Crippen LogP contribution in [0.1, 0.15) is 28.6 Å².